The third-order valence-electron chi connectivity index (χ3n) is 3.16. The lowest BCUT2D eigenvalue weighted by Gasteiger charge is -2.12. The van der Waals surface area contributed by atoms with Crippen LogP contribution in [-0.4, -0.2) is 16.7 Å². The predicted octanol–water partition coefficient (Wildman–Crippen LogP) is 3.17. The van der Waals surface area contributed by atoms with Crippen LogP contribution in [0.1, 0.15) is 19.4 Å². The first-order valence-corrected chi connectivity index (χ1v) is 7.50. The highest BCUT2D eigenvalue weighted by Gasteiger charge is 2.08. The van der Waals surface area contributed by atoms with Crippen molar-refractivity contribution in [3.05, 3.63) is 51.5 Å². The molecule has 1 aromatic heterocycles. The van der Waals surface area contributed by atoms with Gasteiger partial charge in [0.15, 0.2) is 5.82 Å². The minimum atomic E-state index is -0.128. The zero-order valence-corrected chi connectivity index (χ0v) is 13.7. The van der Waals surface area contributed by atoms with E-state index in [1.54, 1.807) is 36.2 Å². The van der Waals surface area contributed by atoms with Gasteiger partial charge in [0.1, 0.15) is 5.75 Å². The van der Waals surface area contributed by atoms with Crippen molar-refractivity contribution in [2.45, 2.75) is 26.9 Å². The van der Waals surface area contributed by atoms with Gasteiger partial charge >= 0.3 is 0 Å². The third-order valence-corrected chi connectivity index (χ3v) is 3.40. The summed E-state index contributed by atoms with van der Waals surface area (Å²) in [4.78, 5) is 16.4. The molecule has 5 nitrogen and oxygen atoms in total. The van der Waals surface area contributed by atoms with Gasteiger partial charge in [-0.05, 0) is 24.1 Å². The van der Waals surface area contributed by atoms with E-state index in [0.717, 1.165) is 11.3 Å². The van der Waals surface area contributed by atoms with Gasteiger partial charge in [0.2, 0.25) is 0 Å². The Morgan fingerprint density at radius 2 is 2.18 bits per heavy atom. The molecule has 0 radical (unpaired) electrons. The molecular formula is C16H20ClN3O2. The van der Waals surface area contributed by atoms with Gasteiger partial charge < -0.3 is 14.6 Å². The van der Waals surface area contributed by atoms with E-state index in [4.69, 9.17) is 16.3 Å². The van der Waals surface area contributed by atoms with Crippen molar-refractivity contribution >= 4 is 17.4 Å². The Morgan fingerprint density at radius 1 is 1.41 bits per heavy atom. The molecule has 0 spiro atoms. The molecule has 1 heterocycles. The number of methoxy groups -OCH3 is 1. The number of nitrogens with zero attached hydrogens (tertiary/aromatic N) is 2. The number of benzene rings is 1. The lowest BCUT2D eigenvalue weighted by atomic mass is 10.2. The fourth-order valence-electron chi connectivity index (χ4n) is 2.17. The number of hydrogen-bond acceptors (Lipinski definition) is 4. The van der Waals surface area contributed by atoms with Crippen LogP contribution in [0.2, 0.25) is 5.02 Å². The summed E-state index contributed by atoms with van der Waals surface area (Å²) in [6.45, 7) is 5.21. The molecule has 1 N–H and O–H groups in total. The van der Waals surface area contributed by atoms with E-state index < -0.39 is 0 Å². The highest BCUT2D eigenvalue weighted by Crippen LogP contribution is 2.23. The zero-order valence-electron chi connectivity index (χ0n) is 13.0. The van der Waals surface area contributed by atoms with Gasteiger partial charge in [0, 0.05) is 36.1 Å². The molecule has 0 saturated carbocycles. The van der Waals surface area contributed by atoms with Gasteiger partial charge in [-0.25, -0.2) is 4.98 Å². The van der Waals surface area contributed by atoms with Crippen LogP contribution in [-0.2, 0) is 13.1 Å². The second kappa shape index (κ2) is 7.31. The molecule has 0 fully saturated rings. The summed E-state index contributed by atoms with van der Waals surface area (Å²) >= 11 is 6.00. The Morgan fingerprint density at radius 3 is 2.86 bits per heavy atom. The number of ether oxygens (including phenoxy) is 1. The van der Waals surface area contributed by atoms with Gasteiger partial charge in [-0.15, -0.1) is 0 Å². The van der Waals surface area contributed by atoms with Crippen molar-refractivity contribution in [1.29, 1.82) is 0 Å². The van der Waals surface area contributed by atoms with Gasteiger partial charge in [0.05, 0.1) is 7.11 Å². The van der Waals surface area contributed by atoms with Crippen molar-refractivity contribution in [1.82, 2.24) is 9.55 Å². The summed E-state index contributed by atoms with van der Waals surface area (Å²) in [6, 6.07) is 5.37. The van der Waals surface area contributed by atoms with E-state index in [-0.39, 0.29) is 5.56 Å². The largest absolute Gasteiger partial charge is 0.496 e. The number of hydrogen-bond donors (Lipinski definition) is 1. The molecular weight excluding hydrogens is 302 g/mol. The van der Waals surface area contributed by atoms with Crippen LogP contribution < -0.4 is 15.6 Å². The number of rotatable bonds is 6. The summed E-state index contributed by atoms with van der Waals surface area (Å²) in [5.74, 6) is 1.43. The SMILES string of the molecule is COc1ccc(Cl)cc1CNc1nccn(CC(C)C)c1=O. The number of nitrogens with one attached hydrogen (secondary N) is 1. The van der Waals surface area contributed by atoms with E-state index in [1.165, 1.54) is 0 Å². The van der Waals surface area contributed by atoms with E-state index in [1.807, 2.05) is 6.07 Å². The van der Waals surface area contributed by atoms with E-state index >= 15 is 0 Å². The fourth-order valence-corrected chi connectivity index (χ4v) is 2.36. The Bertz CT molecular complexity index is 698. The van der Waals surface area contributed by atoms with Crippen molar-refractivity contribution in [2.75, 3.05) is 12.4 Å². The first-order chi connectivity index (χ1) is 10.5. The van der Waals surface area contributed by atoms with Gasteiger partial charge in [-0.2, -0.15) is 0 Å². The zero-order chi connectivity index (χ0) is 16.1. The lowest BCUT2D eigenvalue weighted by molar-refractivity contribution is 0.410. The Labute approximate surface area is 134 Å². The molecule has 0 amide bonds. The van der Waals surface area contributed by atoms with Gasteiger partial charge in [0.25, 0.3) is 5.56 Å². The number of halogens is 1. The number of aromatic nitrogens is 2. The average molecular weight is 322 g/mol. The highest BCUT2D eigenvalue weighted by molar-refractivity contribution is 6.30. The molecule has 22 heavy (non-hydrogen) atoms. The van der Waals surface area contributed by atoms with E-state index in [9.17, 15) is 4.79 Å². The Balaban J connectivity index is 2.19. The molecule has 0 saturated heterocycles. The average Bonchev–Trinajstić information content (AvgIpc) is 2.48. The molecule has 6 heteroatoms. The Hall–Kier alpha value is -2.01. The normalized spacial score (nSPS) is 10.8. The molecule has 0 bridgehead atoms. The smallest absolute Gasteiger partial charge is 0.293 e. The summed E-state index contributed by atoms with van der Waals surface area (Å²) in [5.41, 5.74) is 0.743. The van der Waals surface area contributed by atoms with Crippen LogP contribution in [0.4, 0.5) is 5.82 Å². The fraction of sp³-hybridized carbons (Fsp3) is 0.375. The third kappa shape index (κ3) is 4.01. The Kier molecular flexibility index (Phi) is 5.44. The van der Waals surface area contributed by atoms with Crippen molar-refractivity contribution in [2.24, 2.45) is 5.92 Å². The predicted molar refractivity (Wildman–Crippen MR) is 88.7 cm³/mol. The quantitative estimate of drug-likeness (QED) is 0.888. The van der Waals surface area contributed by atoms with Crippen LogP contribution in [0.25, 0.3) is 0 Å². The van der Waals surface area contributed by atoms with Crippen LogP contribution >= 0.6 is 11.6 Å². The number of anilines is 1. The minimum Gasteiger partial charge on any atom is -0.496 e. The molecule has 0 aliphatic rings. The highest BCUT2D eigenvalue weighted by atomic mass is 35.5. The summed E-state index contributed by atoms with van der Waals surface area (Å²) in [7, 11) is 1.60. The summed E-state index contributed by atoms with van der Waals surface area (Å²) in [6.07, 6.45) is 3.33. The molecule has 0 unspecified atom stereocenters. The van der Waals surface area contributed by atoms with Gasteiger partial charge in [-0.1, -0.05) is 25.4 Å². The maximum absolute atomic E-state index is 12.3. The molecule has 1 aromatic carbocycles. The standard InChI is InChI=1S/C16H20ClN3O2/c1-11(2)10-20-7-6-18-15(16(20)21)19-9-12-8-13(17)4-5-14(12)22-3/h4-8,11H,9-10H2,1-3H3,(H,18,19). The van der Waals surface area contributed by atoms with Crippen molar-refractivity contribution < 1.29 is 4.74 Å². The maximum Gasteiger partial charge on any atom is 0.293 e. The topological polar surface area (TPSA) is 56.1 Å². The molecule has 118 valence electrons. The van der Waals surface area contributed by atoms with Crippen LogP contribution in [0, 0.1) is 5.92 Å². The minimum absolute atomic E-state index is 0.128. The van der Waals surface area contributed by atoms with Crippen LogP contribution in [0.3, 0.4) is 0 Å². The van der Waals surface area contributed by atoms with Crippen LogP contribution in [0.15, 0.2) is 35.4 Å². The second-order valence-corrected chi connectivity index (χ2v) is 5.87. The van der Waals surface area contributed by atoms with E-state index in [2.05, 4.69) is 24.1 Å². The molecule has 0 atom stereocenters. The second-order valence-electron chi connectivity index (χ2n) is 5.44. The first-order valence-electron chi connectivity index (χ1n) is 7.13. The maximum atomic E-state index is 12.3. The van der Waals surface area contributed by atoms with Gasteiger partial charge in [-0.3, -0.25) is 4.79 Å². The molecule has 2 rings (SSSR count). The lowest BCUT2D eigenvalue weighted by Crippen LogP contribution is -2.25. The monoisotopic (exact) mass is 321 g/mol. The molecule has 0 aliphatic carbocycles. The summed E-state index contributed by atoms with van der Waals surface area (Å²) in [5, 5.41) is 3.68. The van der Waals surface area contributed by atoms with E-state index in [0.29, 0.717) is 29.8 Å². The van der Waals surface area contributed by atoms with Crippen LogP contribution in [0.5, 0.6) is 5.75 Å². The first kappa shape index (κ1) is 16.4. The van der Waals surface area contributed by atoms with Crippen molar-refractivity contribution in [3.8, 4) is 5.75 Å². The molecule has 0 aliphatic heterocycles. The summed E-state index contributed by atoms with van der Waals surface area (Å²) < 4.78 is 6.95. The van der Waals surface area contributed by atoms with Crippen molar-refractivity contribution in [3.63, 3.8) is 0 Å². The molecule has 2 aromatic rings.